The van der Waals surface area contributed by atoms with Crippen LogP contribution in [0.15, 0.2) is 36.4 Å². The summed E-state index contributed by atoms with van der Waals surface area (Å²) in [6.45, 7) is 4.75. The molecule has 0 atom stereocenters. The second kappa shape index (κ2) is 8.59. The van der Waals surface area contributed by atoms with Gasteiger partial charge in [0.2, 0.25) is 5.95 Å². The molecule has 0 fully saturated rings. The molecule has 0 aliphatic heterocycles. The molecule has 1 N–H and O–H groups in total. The van der Waals surface area contributed by atoms with Crippen molar-refractivity contribution in [3.8, 4) is 11.5 Å². The number of amides is 1. The van der Waals surface area contributed by atoms with Crippen molar-refractivity contribution in [3.05, 3.63) is 52.1 Å². The summed E-state index contributed by atoms with van der Waals surface area (Å²) >= 11 is 0. The molecule has 152 valence electrons. The van der Waals surface area contributed by atoms with E-state index in [2.05, 4.69) is 10.3 Å². The van der Waals surface area contributed by atoms with Crippen molar-refractivity contribution in [2.75, 3.05) is 19.0 Å². The Morgan fingerprint density at radius 1 is 1.24 bits per heavy atom. The number of imidazole rings is 1. The Kier molecular flexibility index (Phi) is 5.96. The first-order valence-electron chi connectivity index (χ1n) is 9.25. The normalized spacial score (nSPS) is 10.7. The van der Waals surface area contributed by atoms with Crippen molar-refractivity contribution >= 4 is 28.6 Å². The number of ether oxygens (including phenoxy) is 2. The van der Waals surface area contributed by atoms with Crippen LogP contribution in [-0.4, -0.2) is 34.1 Å². The SMILES string of the molecule is CCCn1c(NC(=O)c2cc(OCC)c(OC)cc2[N+](=O)[O-])nc2ccccc21. The average molecular weight is 398 g/mol. The lowest BCUT2D eigenvalue weighted by Crippen LogP contribution is -2.18. The van der Waals surface area contributed by atoms with E-state index >= 15 is 0 Å². The molecule has 1 amide bonds. The fourth-order valence-corrected chi connectivity index (χ4v) is 3.10. The fraction of sp³-hybridized carbons (Fsp3) is 0.300. The number of para-hydroxylation sites is 2. The van der Waals surface area contributed by atoms with Gasteiger partial charge in [-0.15, -0.1) is 0 Å². The number of rotatable bonds is 8. The van der Waals surface area contributed by atoms with Crippen molar-refractivity contribution in [2.45, 2.75) is 26.8 Å². The van der Waals surface area contributed by atoms with Crippen molar-refractivity contribution < 1.29 is 19.2 Å². The minimum Gasteiger partial charge on any atom is -0.493 e. The highest BCUT2D eigenvalue weighted by atomic mass is 16.6. The third-order valence-corrected chi connectivity index (χ3v) is 4.35. The number of nitrogens with one attached hydrogen (secondary N) is 1. The van der Waals surface area contributed by atoms with Crippen molar-refractivity contribution in [1.82, 2.24) is 9.55 Å². The van der Waals surface area contributed by atoms with Gasteiger partial charge in [-0.05, 0) is 25.5 Å². The number of benzene rings is 2. The van der Waals surface area contributed by atoms with Crippen LogP contribution in [0, 0.1) is 10.1 Å². The Labute approximate surface area is 167 Å². The Bertz CT molecular complexity index is 1060. The monoisotopic (exact) mass is 398 g/mol. The molecular weight excluding hydrogens is 376 g/mol. The van der Waals surface area contributed by atoms with Gasteiger partial charge in [0.25, 0.3) is 11.6 Å². The molecule has 3 rings (SSSR count). The lowest BCUT2D eigenvalue weighted by molar-refractivity contribution is -0.385. The number of hydrogen-bond donors (Lipinski definition) is 1. The third-order valence-electron chi connectivity index (χ3n) is 4.35. The predicted octanol–water partition coefficient (Wildman–Crippen LogP) is 4.01. The van der Waals surface area contributed by atoms with Crippen LogP contribution in [0.3, 0.4) is 0 Å². The number of nitrogens with zero attached hydrogens (tertiary/aromatic N) is 3. The maximum Gasteiger partial charge on any atom is 0.286 e. The minimum absolute atomic E-state index is 0.130. The molecule has 2 aromatic carbocycles. The molecule has 0 spiro atoms. The molecule has 0 aliphatic rings. The van der Waals surface area contributed by atoms with Crippen LogP contribution >= 0.6 is 0 Å². The van der Waals surface area contributed by atoms with Crippen LogP contribution in [0.2, 0.25) is 0 Å². The van der Waals surface area contributed by atoms with E-state index in [1.165, 1.54) is 19.2 Å². The minimum atomic E-state index is -0.645. The topological polar surface area (TPSA) is 109 Å². The molecule has 0 unspecified atom stereocenters. The molecular formula is C20H22N4O5. The molecule has 0 saturated heterocycles. The van der Waals surface area contributed by atoms with E-state index in [1.54, 1.807) is 6.92 Å². The largest absolute Gasteiger partial charge is 0.493 e. The van der Waals surface area contributed by atoms with Crippen LogP contribution in [-0.2, 0) is 6.54 Å². The van der Waals surface area contributed by atoms with Crippen LogP contribution in [0.5, 0.6) is 11.5 Å². The van der Waals surface area contributed by atoms with Gasteiger partial charge in [-0.3, -0.25) is 20.2 Å². The van der Waals surface area contributed by atoms with Crippen LogP contribution < -0.4 is 14.8 Å². The molecule has 0 bridgehead atoms. The fourth-order valence-electron chi connectivity index (χ4n) is 3.10. The summed E-state index contributed by atoms with van der Waals surface area (Å²) in [5, 5.41) is 14.2. The summed E-state index contributed by atoms with van der Waals surface area (Å²) in [7, 11) is 1.38. The number of aromatic nitrogens is 2. The predicted molar refractivity (Wildman–Crippen MR) is 109 cm³/mol. The molecule has 9 nitrogen and oxygen atoms in total. The first kappa shape index (κ1) is 20.1. The Balaban J connectivity index is 2.05. The van der Waals surface area contributed by atoms with Gasteiger partial charge < -0.3 is 14.0 Å². The zero-order valence-corrected chi connectivity index (χ0v) is 16.5. The van der Waals surface area contributed by atoms with Gasteiger partial charge in [0.15, 0.2) is 11.5 Å². The van der Waals surface area contributed by atoms with Gasteiger partial charge in [-0.25, -0.2) is 4.98 Å². The second-order valence-corrected chi connectivity index (χ2v) is 6.24. The van der Waals surface area contributed by atoms with Gasteiger partial charge in [-0.1, -0.05) is 19.1 Å². The average Bonchev–Trinajstić information content (AvgIpc) is 3.05. The highest BCUT2D eigenvalue weighted by Gasteiger charge is 2.26. The number of anilines is 1. The molecule has 3 aromatic rings. The van der Waals surface area contributed by atoms with E-state index in [0.717, 1.165) is 17.5 Å². The number of nitro benzene ring substituents is 1. The zero-order valence-electron chi connectivity index (χ0n) is 16.5. The highest BCUT2D eigenvalue weighted by Crippen LogP contribution is 2.35. The van der Waals surface area contributed by atoms with Gasteiger partial charge in [-0.2, -0.15) is 0 Å². The second-order valence-electron chi connectivity index (χ2n) is 6.24. The smallest absolute Gasteiger partial charge is 0.286 e. The number of hydrogen-bond acceptors (Lipinski definition) is 6. The quantitative estimate of drug-likeness (QED) is 0.453. The highest BCUT2D eigenvalue weighted by molar-refractivity contribution is 6.07. The maximum atomic E-state index is 13.0. The van der Waals surface area contributed by atoms with Crippen LogP contribution in [0.25, 0.3) is 11.0 Å². The molecule has 29 heavy (non-hydrogen) atoms. The van der Waals surface area contributed by atoms with Gasteiger partial charge in [0.05, 0.1) is 35.7 Å². The summed E-state index contributed by atoms with van der Waals surface area (Å²) in [4.78, 5) is 28.3. The molecule has 0 aliphatic carbocycles. The molecule has 0 radical (unpaired) electrons. The summed E-state index contributed by atoms with van der Waals surface area (Å²) in [5.41, 5.74) is 1.11. The summed E-state index contributed by atoms with van der Waals surface area (Å²) in [6, 6.07) is 10.0. The standard InChI is InChI=1S/C20H22N4O5/c1-4-10-23-15-9-7-6-8-14(15)21-20(23)22-19(25)13-11-18(29-5-2)17(28-3)12-16(13)24(26)27/h6-9,11-12H,4-5,10H2,1-3H3,(H,21,22,25). The maximum absolute atomic E-state index is 13.0. The van der Waals surface area contributed by atoms with E-state index in [-0.39, 0.29) is 22.7 Å². The van der Waals surface area contributed by atoms with Gasteiger partial charge in [0, 0.05) is 12.6 Å². The van der Waals surface area contributed by atoms with E-state index in [0.29, 0.717) is 19.1 Å². The zero-order chi connectivity index (χ0) is 21.0. The van der Waals surface area contributed by atoms with Crippen molar-refractivity contribution in [3.63, 3.8) is 0 Å². The van der Waals surface area contributed by atoms with Crippen molar-refractivity contribution in [2.24, 2.45) is 0 Å². The number of fused-ring (bicyclic) bond motifs is 1. The first-order chi connectivity index (χ1) is 14.0. The summed E-state index contributed by atoms with van der Waals surface area (Å²) < 4.78 is 12.5. The van der Waals surface area contributed by atoms with E-state index < -0.39 is 10.8 Å². The summed E-state index contributed by atoms with van der Waals surface area (Å²) in [6.07, 6.45) is 0.834. The number of nitro groups is 1. The number of carbonyl (C=O) groups is 1. The number of carbonyl (C=O) groups excluding carboxylic acids is 1. The lowest BCUT2D eigenvalue weighted by atomic mass is 10.1. The lowest BCUT2D eigenvalue weighted by Gasteiger charge is -2.12. The van der Waals surface area contributed by atoms with E-state index in [9.17, 15) is 14.9 Å². The van der Waals surface area contributed by atoms with Crippen LogP contribution in [0.4, 0.5) is 11.6 Å². The van der Waals surface area contributed by atoms with Gasteiger partial charge in [0.1, 0.15) is 5.56 Å². The molecule has 1 aromatic heterocycles. The summed E-state index contributed by atoms with van der Waals surface area (Å²) in [5.74, 6) is 0.134. The molecule has 0 saturated carbocycles. The number of aryl methyl sites for hydroxylation is 1. The molecule has 9 heteroatoms. The Morgan fingerprint density at radius 3 is 2.66 bits per heavy atom. The van der Waals surface area contributed by atoms with E-state index in [4.69, 9.17) is 9.47 Å². The van der Waals surface area contributed by atoms with Crippen molar-refractivity contribution in [1.29, 1.82) is 0 Å². The van der Waals surface area contributed by atoms with E-state index in [1.807, 2.05) is 35.8 Å². The first-order valence-corrected chi connectivity index (χ1v) is 9.25. The Morgan fingerprint density at radius 2 is 2.00 bits per heavy atom. The van der Waals surface area contributed by atoms with Crippen LogP contribution in [0.1, 0.15) is 30.6 Å². The number of methoxy groups -OCH3 is 1. The third kappa shape index (κ3) is 3.98. The van der Waals surface area contributed by atoms with Gasteiger partial charge >= 0.3 is 0 Å². The molecule has 1 heterocycles. The Hall–Kier alpha value is -3.62.